The van der Waals surface area contributed by atoms with Crippen molar-refractivity contribution in [3.63, 3.8) is 0 Å². The summed E-state index contributed by atoms with van der Waals surface area (Å²) in [6.45, 7) is 3.14. The van der Waals surface area contributed by atoms with Crippen LogP contribution in [0.2, 0.25) is 0 Å². The summed E-state index contributed by atoms with van der Waals surface area (Å²) in [7, 11) is -0.772. The van der Waals surface area contributed by atoms with Gasteiger partial charge in [-0.15, -0.1) is 0 Å². The van der Waals surface area contributed by atoms with Crippen LogP contribution in [0.15, 0.2) is 16.6 Å². The van der Waals surface area contributed by atoms with Crippen molar-refractivity contribution >= 4 is 26.7 Å². The molecule has 0 aliphatic rings. The van der Waals surface area contributed by atoms with Crippen LogP contribution >= 0.6 is 15.9 Å². The Balaban J connectivity index is 2.57. The second-order valence-corrected chi connectivity index (χ2v) is 6.15. The van der Waals surface area contributed by atoms with Gasteiger partial charge in [0.2, 0.25) is 0 Å². The number of hydrogen-bond acceptors (Lipinski definition) is 3. The zero-order chi connectivity index (χ0) is 12.1. The van der Waals surface area contributed by atoms with Gasteiger partial charge in [0, 0.05) is 45.9 Å². The van der Waals surface area contributed by atoms with Gasteiger partial charge in [-0.25, -0.2) is 0 Å². The van der Waals surface area contributed by atoms with Crippen LogP contribution in [-0.4, -0.2) is 27.9 Å². The maximum absolute atomic E-state index is 10.8. The molecule has 0 fully saturated rings. The summed E-state index contributed by atoms with van der Waals surface area (Å²) in [5.74, 6) is 0.960. The molecule has 1 unspecified atom stereocenters. The predicted molar refractivity (Wildman–Crippen MR) is 71.2 cm³/mol. The second kappa shape index (κ2) is 6.37. The first kappa shape index (κ1) is 13.7. The van der Waals surface area contributed by atoms with E-state index in [0.29, 0.717) is 24.6 Å². The Bertz CT molecular complexity index is 396. The highest BCUT2D eigenvalue weighted by Crippen LogP contribution is 2.26. The van der Waals surface area contributed by atoms with Gasteiger partial charge < -0.3 is 10.4 Å². The molecule has 1 aromatic rings. The van der Waals surface area contributed by atoms with Crippen molar-refractivity contribution in [1.82, 2.24) is 5.32 Å². The lowest BCUT2D eigenvalue weighted by Gasteiger charge is -2.09. The van der Waals surface area contributed by atoms with Crippen molar-refractivity contribution in [1.29, 1.82) is 0 Å². The predicted octanol–water partition coefficient (Wildman–Crippen LogP) is 1.93. The number of phenols is 1. The van der Waals surface area contributed by atoms with Crippen LogP contribution in [0.1, 0.15) is 11.1 Å². The number of aromatic hydroxyl groups is 1. The molecular formula is C11H16BrNO2S. The van der Waals surface area contributed by atoms with Gasteiger partial charge in [-0.1, -0.05) is 15.9 Å². The van der Waals surface area contributed by atoms with Gasteiger partial charge in [0.25, 0.3) is 0 Å². The van der Waals surface area contributed by atoms with Gasteiger partial charge in [-0.05, 0) is 24.6 Å². The number of hydrogen-bond donors (Lipinski definition) is 2. The summed E-state index contributed by atoms with van der Waals surface area (Å²) in [5.41, 5.74) is 1.71. The van der Waals surface area contributed by atoms with Crippen molar-refractivity contribution in [3.05, 3.63) is 27.7 Å². The molecule has 90 valence electrons. The third-order valence-corrected chi connectivity index (χ3v) is 3.46. The van der Waals surface area contributed by atoms with Crippen LogP contribution in [0.5, 0.6) is 5.75 Å². The van der Waals surface area contributed by atoms with Gasteiger partial charge in [0.15, 0.2) is 0 Å². The van der Waals surface area contributed by atoms with Crippen LogP contribution in [0, 0.1) is 6.92 Å². The van der Waals surface area contributed by atoms with Gasteiger partial charge in [0.05, 0.1) is 0 Å². The smallest absolute Gasteiger partial charge is 0.123 e. The van der Waals surface area contributed by atoms with E-state index in [9.17, 15) is 9.32 Å². The molecule has 0 spiro atoms. The Labute approximate surface area is 107 Å². The molecule has 0 saturated carbocycles. The Morgan fingerprint density at radius 3 is 2.81 bits per heavy atom. The van der Waals surface area contributed by atoms with Crippen LogP contribution in [0.4, 0.5) is 0 Å². The standard InChI is InChI=1S/C11H16BrNO2S/c1-8-5-10(12)6-9(11(8)14)7-13-3-4-16(2)15/h5-6,13-14H,3-4,7H2,1-2H3. The van der Waals surface area contributed by atoms with Crippen LogP contribution < -0.4 is 5.32 Å². The number of rotatable bonds is 5. The lowest BCUT2D eigenvalue weighted by Crippen LogP contribution is -2.19. The van der Waals surface area contributed by atoms with E-state index in [0.717, 1.165) is 15.6 Å². The Morgan fingerprint density at radius 1 is 1.50 bits per heavy atom. The molecule has 1 atom stereocenters. The van der Waals surface area contributed by atoms with E-state index >= 15 is 0 Å². The first-order chi connectivity index (χ1) is 7.50. The Morgan fingerprint density at radius 2 is 2.19 bits per heavy atom. The van der Waals surface area contributed by atoms with Gasteiger partial charge in [0.1, 0.15) is 5.75 Å². The molecule has 0 saturated heterocycles. The van der Waals surface area contributed by atoms with Gasteiger partial charge in [-0.3, -0.25) is 4.21 Å². The molecule has 0 aliphatic heterocycles. The summed E-state index contributed by atoms with van der Waals surface area (Å²) in [6, 6.07) is 3.76. The van der Waals surface area contributed by atoms with E-state index in [1.54, 1.807) is 6.26 Å². The first-order valence-corrected chi connectivity index (χ1v) is 7.51. The highest BCUT2D eigenvalue weighted by Gasteiger charge is 2.05. The minimum atomic E-state index is -0.772. The molecule has 0 radical (unpaired) electrons. The normalized spacial score (nSPS) is 12.7. The minimum Gasteiger partial charge on any atom is -0.507 e. The van der Waals surface area contributed by atoms with E-state index in [2.05, 4.69) is 21.2 Å². The zero-order valence-corrected chi connectivity index (χ0v) is 11.8. The summed E-state index contributed by atoms with van der Waals surface area (Å²) in [4.78, 5) is 0. The third kappa shape index (κ3) is 4.23. The fraction of sp³-hybridized carbons (Fsp3) is 0.455. The number of aryl methyl sites for hydroxylation is 1. The largest absolute Gasteiger partial charge is 0.507 e. The molecule has 16 heavy (non-hydrogen) atoms. The van der Waals surface area contributed by atoms with Crippen LogP contribution in [0.25, 0.3) is 0 Å². The maximum atomic E-state index is 10.8. The average Bonchev–Trinajstić information content (AvgIpc) is 2.19. The fourth-order valence-electron chi connectivity index (χ4n) is 1.38. The number of phenolic OH excluding ortho intramolecular Hbond substituents is 1. The van der Waals surface area contributed by atoms with E-state index in [1.807, 2.05) is 19.1 Å². The number of benzene rings is 1. The molecule has 0 amide bonds. The molecule has 3 nitrogen and oxygen atoms in total. The molecule has 0 bridgehead atoms. The van der Waals surface area contributed by atoms with E-state index in [4.69, 9.17) is 0 Å². The highest BCUT2D eigenvalue weighted by atomic mass is 79.9. The topological polar surface area (TPSA) is 49.3 Å². The third-order valence-electron chi connectivity index (χ3n) is 2.23. The summed E-state index contributed by atoms with van der Waals surface area (Å²) in [6.07, 6.45) is 1.68. The first-order valence-electron chi connectivity index (χ1n) is 4.99. The Kier molecular flexibility index (Phi) is 5.44. The average molecular weight is 306 g/mol. The SMILES string of the molecule is Cc1cc(Br)cc(CNCCS(C)=O)c1O. The molecule has 1 aromatic carbocycles. The summed E-state index contributed by atoms with van der Waals surface area (Å²) >= 11 is 3.39. The minimum absolute atomic E-state index is 0.327. The molecule has 0 aliphatic carbocycles. The lowest BCUT2D eigenvalue weighted by atomic mass is 10.1. The van der Waals surface area contributed by atoms with Crippen molar-refractivity contribution < 1.29 is 9.32 Å². The molecule has 1 rings (SSSR count). The van der Waals surface area contributed by atoms with E-state index in [-0.39, 0.29) is 0 Å². The van der Waals surface area contributed by atoms with Crippen molar-refractivity contribution in [3.8, 4) is 5.75 Å². The van der Waals surface area contributed by atoms with Crippen molar-refractivity contribution in [2.24, 2.45) is 0 Å². The maximum Gasteiger partial charge on any atom is 0.123 e. The molecule has 0 heterocycles. The fourth-order valence-corrected chi connectivity index (χ4v) is 2.43. The van der Waals surface area contributed by atoms with Gasteiger partial charge in [-0.2, -0.15) is 0 Å². The number of halogens is 1. The van der Waals surface area contributed by atoms with Crippen molar-refractivity contribution in [2.45, 2.75) is 13.5 Å². The van der Waals surface area contributed by atoms with Crippen LogP contribution in [-0.2, 0) is 17.3 Å². The van der Waals surface area contributed by atoms with Crippen LogP contribution in [0.3, 0.4) is 0 Å². The number of nitrogens with one attached hydrogen (secondary N) is 1. The molecule has 0 aromatic heterocycles. The second-order valence-electron chi connectivity index (χ2n) is 3.68. The highest BCUT2D eigenvalue weighted by molar-refractivity contribution is 9.10. The Hall–Kier alpha value is -0.390. The monoisotopic (exact) mass is 305 g/mol. The summed E-state index contributed by atoms with van der Waals surface area (Å²) in [5, 5.41) is 13.0. The van der Waals surface area contributed by atoms with Crippen molar-refractivity contribution in [2.75, 3.05) is 18.6 Å². The van der Waals surface area contributed by atoms with E-state index in [1.165, 1.54) is 0 Å². The van der Waals surface area contributed by atoms with E-state index < -0.39 is 10.8 Å². The zero-order valence-electron chi connectivity index (χ0n) is 9.42. The lowest BCUT2D eigenvalue weighted by molar-refractivity contribution is 0.461. The van der Waals surface area contributed by atoms with Gasteiger partial charge >= 0.3 is 0 Å². The summed E-state index contributed by atoms with van der Waals surface area (Å²) < 4.78 is 11.8. The quantitative estimate of drug-likeness (QED) is 0.817. The molecule has 2 N–H and O–H groups in total. The molecule has 5 heteroatoms. The molecular weight excluding hydrogens is 290 g/mol.